The molecule has 0 atom stereocenters. The molecule has 0 spiro atoms. The standard InChI is InChI=1S/C15H12N4/c1-10-4-3-5-14(12(10)8-16)19-15-13(9-17)11(2)6-7-18-15/h3-7H,1-2H3,(H,18,19). The van der Waals surface area contributed by atoms with Gasteiger partial charge in [0.05, 0.1) is 16.8 Å². The fourth-order valence-electron chi connectivity index (χ4n) is 1.84. The van der Waals surface area contributed by atoms with Gasteiger partial charge in [0.25, 0.3) is 0 Å². The summed E-state index contributed by atoms with van der Waals surface area (Å²) in [4.78, 5) is 4.17. The predicted octanol–water partition coefficient (Wildman–Crippen LogP) is 3.19. The van der Waals surface area contributed by atoms with Gasteiger partial charge in [-0.05, 0) is 37.1 Å². The van der Waals surface area contributed by atoms with Crippen molar-refractivity contribution in [3.05, 3.63) is 52.7 Å². The van der Waals surface area contributed by atoms with Crippen molar-refractivity contribution in [2.24, 2.45) is 0 Å². The number of benzene rings is 1. The van der Waals surface area contributed by atoms with Crippen LogP contribution in [0.5, 0.6) is 0 Å². The number of hydrogen-bond acceptors (Lipinski definition) is 4. The van der Waals surface area contributed by atoms with Gasteiger partial charge in [0, 0.05) is 6.20 Å². The lowest BCUT2D eigenvalue weighted by molar-refractivity contribution is 1.24. The summed E-state index contributed by atoms with van der Waals surface area (Å²) in [5.41, 5.74) is 3.46. The quantitative estimate of drug-likeness (QED) is 0.885. The molecule has 0 aliphatic heterocycles. The van der Waals surface area contributed by atoms with E-state index in [1.165, 1.54) is 0 Å². The summed E-state index contributed by atoms with van der Waals surface area (Å²) in [6.07, 6.45) is 1.64. The second-order valence-corrected chi connectivity index (χ2v) is 4.20. The van der Waals surface area contributed by atoms with E-state index in [0.29, 0.717) is 22.6 Å². The third-order valence-corrected chi connectivity index (χ3v) is 2.91. The molecular weight excluding hydrogens is 236 g/mol. The Hall–Kier alpha value is -2.85. The van der Waals surface area contributed by atoms with Gasteiger partial charge in [-0.25, -0.2) is 4.98 Å². The van der Waals surface area contributed by atoms with E-state index in [0.717, 1.165) is 11.1 Å². The Morgan fingerprint density at radius 2 is 1.68 bits per heavy atom. The zero-order valence-corrected chi connectivity index (χ0v) is 10.7. The van der Waals surface area contributed by atoms with Crippen LogP contribution in [0.25, 0.3) is 0 Å². The first-order chi connectivity index (χ1) is 9.17. The maximum atomic E-state index is 9.18. The first-order valence-corrected chi connectivity index (χ1v) is 5.80. The molecule has 2 rings (SSSR count). The molecule has 1 heterocycles. The Bertz CT molecular complexity index is 644. The number of nitrogens with zero attached hydrogens (tertiary/aromatic N) is 3. The second-order valence-electron chi connectivity index (χ2n) is 4.20. The summed E-state index contributed by atoms with van der Waals surface area (Å²) < 4.78 is 0. The normalized spacial score (nSPS) is 9.47. The summed E-state index contributed by atoms with van der Waals surface area (Å²) in [5, 5.41) is 21.4. The average Bonchev–Trinajstić information content (AvgIpc) is 2.39. The molecule has 0 fully saturated rings. The zero-order valence-electron chi connectivity index (χ0n) is 10.7. The Labute approximate surface area is 112 Å². The summed E-state index contributed by atoms with van der Waals surface area (Å²) in [6, 6.07) is 11.6. The van der Waals surface area contributed by atoms with E-state index in [2.05, 4.69) is 22.4 Å². The highest BCUT2D eigenvalue weighted by Crippen LogP contribution is 2.24. The van der Waals surface area contributed by atoms with Gasteiger partial charge in [-0.3, -0.25) is 0 Å². The van der Waals surface area contributed by atoms with Crippen molar-refractivity contribution in [1.82, 2.24) is 4.98 Å². The highest BCUT2D eigenvalue weighted by Gasteiger charge is 2.10. The highest BCUT2D eigenvalue weighted by molar-refractivity contribution is 5.70. The summed E-state index contributed by atoms with van der Waals surface area (Å²) >= 11 is 0. The molecule has 0 unspecified atom stereocenters. The molecule has 0 radical (unpaired) electrons. The van der Waals surface area contributed by atoms with Crippen molar-refractivity contribution in [2.75, 3.05) is 5.32 Å². The van der Waals surface area contributed by atoms with E-state index in [9.17, 15) is 5.26 Å². The van der Waals surface area contributed by atoms with Crippen LogP contribution in [0.3, 0.4) is 0 Å². The van der Waals surface area contributed by atoms with Crippen molar-refractivity contribution < 1.29 is 0 Å². The van der Waals surface area contributed by atoms with Crippen molar-refractivity contribution in [1.29, 1.82) is 10.5 Å². The third kappa shape index (κ3) is 2.38. The lowest BCUT2D eigenvalue weighted by Crippen LogP contribution is -2.01. The number of anilines is 2. The van der Waals surface area contributed by atoms with Crippen molar-refractivity contribution in [3.63, 3.8) is 0 Å². The lowest BCUT2D eigenvalue weighted by atomic mass is 10.1. The summed E-state index contributed by atoms with van der Waals surface area (Å²) in [7, 11) is 0. The fourth-order valence-corrected chi connectivity index (χ4v) is 1.84. The first kappa shape index (κ1) is 12.6. The molecule has 92 valence electrons. The van der Waals surface area contributed by atoms with Crippen LogP contribution < -0.4 is 5.32 Å². The monoisotopic (exact) mass is 248 g/mol. The number of nitrogens with one attached hydrogen (secondary N) is 1. The van der Waals surface area contributed by atoms with Crippen molar-refractivity contribution in [2.45, 2.75) is 13.8 Å². The van der Waals surface area contributed by atoms with Gasteiger partial charge in [-0.2, -0.15) is 10.5 Å². The Morgan fingerprint density at radius 3 is 2.37 bits per heavy atom. The number of rotatable bonds is 2. The lowest BCUT2D eigenvalue weighted by Gasteiger charge is -2.11. The molecule has 1 N–H and O–H groups in total. The molecule has 4 nitrogen and oxygen atoms in total. The third-order valence-electron chi connectivity index (χ3n) is 2.91. The van der Waals surface area contributed by atoms with Crippen LogP contribution >= 0.6 is 0 Å². The minimum absolute atomic E-state index is 0.476. The molecule has 4 heteroatoms. The van der Waals surface area contributed by atoms with E-state index in [-0.39, 0.29) is 0 Å². The number of aryl methyl sites for hydroxylation is 2. The largest absolute Gasteiger partial charge is 0.338 e. The maximum Gasteiger partial charge on any atom is 0.148 e. The molecule has 2 aromatic rings. The second kappa shape index (κ2) is 5.20. The molecule has 0 bridgehead atoms. The number of hydrogen-bond donors (Lipinski definition) is 1. The molecule has 1 aromatic carbocycles. The molecule has 0 aliphatic carbocycles. The van der Waals surface area contributed by atoms with Crippen LogP contribution in [-0.4, -0.2) is 4.98 Å². The molecule has 0 aliphatic rings. The Morgan fingerprint density at radius 1 is 1.00 bits per heavy atom. The van der Waals surface area contributed by atoms with Gasteiger partial charge in [0.2, 0.25) is 0 Å². The molecule has 19 heavy (non-hydrogen) atoms. The van der Waals surface area contributed by atoms with Gasteiger partial charge >= 0.3 is 0 Å². The number of pyridine rings is 1. The molecule has 0 saturated carbocycles. The molecule has 0 amide bonds. The number of aromatic nitrogens is 1. The number of nitriles is 2. The Balaban J connectivity index is 2.50. The Kier molecular flexibility index (Phi) is 3.45. The van der Waals surface area contributed by atoms with Crippen LogP contribution in [0.15, 0.2) is 30.5 Å². The van der Waals surface area contributed by atoms with Crippen LogP contribution in [0.1, 0.15) is 22.3 Å². The van der Waals surface area contributed by atoms with Gasteiger partial charge in [0.15, 0.2) is 0 Å². The molecule has 1 aromatic heterocycles. The van der Waals surface area contributed by atoms with Gasteiger partial charge in [-0.1, -0.05) is 12.1 Å². The average molecular weight is 248 g/mol. The molecule has 0 saturated heterocycles. The van der Waals surface area contributed by atoms with E-state index in [1.54, 1.807) is 18.3 Å². The van der Waals surface area contributed by atoms with Crippen LogP contribution in [0.4, 0.5) is 11.5 Å². The van der Waals surface area contributed by atoms with Crippen LogP contribution in [-0.2, 0) is 0 Å². The zero-order chi connectivity index (χ0) is 13.8. The van der Waals surface area contributed by atoms with Gasteiger partial charge in [-0.15, -0.1) is 0 Å². The van der Waals surface area contributed by atoms with Gasteiger partial charge < -0.3 is 5.32 Å². The van der Waals surface area contributed by atoms with Gasteiger partial charge in [0.1, 0.15) is 18.0 Å². The fraction of sp³-hybridized carbons (Fsp3) is 0.133. The van der Waals surface area contributed by atoms with E-state index < -0.39 is 0 Å². The van der Waals surface area contributed by atoms with Crippen LogP contribution in [0, 0.1) is 36.5 Å². The minimum Gasteiger partial charge on any atom is -0.338 e. The summed E-state index contributed by atoms with van der Waals surface area (Å²) in [5.74, 6) is 0.476. The summed E-state index contributed by atoms with van der Waals surface area (Å²) in [6.45, 7) is 3.73. The van der Waals surface area contributed by atoms with Crippen LogP contribution in [0.2, 0.25) is 0 Å². The van der Waals surface area contributed by atoms with E-state index in [1.807, 2.05) is 26.0 Å². The van der Waals surface area contributed by atoms with Crippen molar-refractivity contribution >= 4 is 11.5 Å². The highest BCUT2D eigenvalue weighted by atomic mass is 15.0. The minimum atomic E-state index is 0.476. The van der Waals surface area contributed by atoms with E-state index in [4.69, 9.17) is 5.26 Å². The smallest absolute Gasteiger partial charge is 0.148 e. The van der Waals surface area contributed by atoms with E-state index >= 15 is 0 Å². The maximum absolute atomic E-state index is 9.18. The topological polar surface area (TPSA) is 72.5 Å². The molecular formula is C15H12N4. The first-order valence-electron chi connectivity index (χ1n) is 5.80. The SMILES string of the molecule is Cc1cccc(Nc2nccc(C)c2C#N)c1C#N. The van der Waals surface area contributed by atoms with Crippen molar-refractivity contribution in [3.8, 4) is 12.1 Å². The predicted molar refractivity (Wildman–Crippen MR) is 72.9 cm³/mol.